The first kappa shape index (κ1) is 20.1. The van der Waals surface area contributed by atoms with Crippen molar-refractivity contribution in [3.05, 3.63) is 77.3 Å². The molecule has 0 aliphatic carbocycles. The highest BCUT2D eigenvalue weighted by Crippen LogP contribution is 2.49. The van der Waals surface area contributed by atoms with Gasteiger partial charge in [-0.3, -0.25) is 4.79 Å². The Morgan fingerprint density at radius 3 is 2.83 bits per heavy atom. The van der Waals surface area contributed by atoms with E-state index in [1.54, 1.807) is 31.0 Å². The highest BCUT2D eigenvalue weighted by Gasteiger charge is 2.26. The Balaban J connectivity index is 1.64. The fraction of sp³-hybridized carbons (Fsp3) is 0.125. The molecule has 6 heteroatoms. The number of thioether (sulfide) groups is 1. The minimum Gasteiger partial charge on any atom is -0.504 e. The van der Waals surface area contributed by atoms with Crippen LogP contribution in [0.2, 0.25) is 0 Å². The van der Waals surface area contributed by atoms with Crippen LogP contribution in [0, 0.1) is 0 Å². The minimum atomic E-state index is -0.0722. The monoisotopic (exact) mass is 419 g/mol. The third kappa shape index (κ3) is 4.06. The van der Waals surface area contributed by atoms with Crippen molar-refractivity contribution in [2.45, 2.75) is 4.90 Å². The van der Waals surface area contributed by atoms with Crippen molar-refractivity contribution in [3.8, 4) is 11.5 Å². The molecule has 5 nitrogen and oxygen atoms in total. The van der Waals surface area contributed by atoms with Crippen LogP contribution in [0.1, 0.15) is 5.56 Å². The molecule has 1 aliphatic heterocycles. The van der Waals surface area contributed by atoms with Crippen molar-refractivity contribution in [3.63, 3.8) is 0 Å². The van der Waals surface area contributed by atoms with Crippen LogP contribution in [0.5, 0.6) is 11.5 Å². The van der Waals surface area contributed by atoms with Crippen LogP contribution in [0.3, 0.4) is 0 Å². The Morgan fingerprint density at radius 2 is 2.00 bits per heavy atom. The van der Waals surface area contributed by atoms with Crippen LogP contribution in [-0.2, 0) is 9.53 Å². The van der Waals surface area contributed by atoms with Gasteiger partial charge in [0.15, 0.2) is 11.5 Å². The molecule has 0 bridgehead atoms. The predicted molar refractivity (Wildman–Crippen MR) is 121 cm³/mol. The van der Waals surface area contributed by atoms with E-state index < -0.39 is 0 Å². The van der Waals surface area contributed by atoms with Crippen LogP contribution in [0.4, 0.5) is 5.69 Å². The first-order chi connectivity index (χ1) is 14.7. The molecule has 0 radical (unpaired) electrons. The lowest BCUT2D eigenvalue weighted by atomic mass is 10.1. The Morgan fingerprint density at radius 1 is 1.13 bits per heavy atom. The van der Waals surface area contributed by atoms with Crippen LogP contribution in [0.25, 0.3) is 16.8 Å². The number of methoxy groups -OCH3 is 1. The second kappa shape index (κ2) is 9.07. The SMILES string of the molecule is COCCN1C(=CC=Cc2ccc(O)c(OC=O)c2)Sc2c1ccc1ccccc21. The van der Waals surface area contributed by atoms with Gasteiger partial charge in [0.05, 0.1) is 17.3 Å². The number of allylic oxidation sites excluding steroid dienone is 2. The van der Waals surface area contributed by atoms with Crippen molar-refractivity contribution < 1.29 is 19.4 Å². The number of hydrogen-bond donors (Lipinski definition) is 1. The Labute approximate surface area is 179 Å². The first-order valence-electron chi connectivity index (χ1n) is 9.49. The van der Waals surface area contributed by atoms with Gasteiger partial charge in [0, 0.05) is 18.6 Å². The lowest BCUT2D eigenvalue weighted by Gasteiger charge is -2.19. The summed E-state index contributed by atoms with van der Waals surface area (Å²) in [6, 6.07) is 17.6. The van der Waals surface area contributed by atoms with E-state index in [1.807, 2.05) is 12.2 Å². The van der Waals surface area contributed by atoms with E-state index in [9.17, 15) is 9.90 Å². The maximum Gasteiger partial charge on any atom is 0.298 e. The van der Waals surface area contributed by atoms with Crippen LogP contribution >= 0.6 is 11.8 Å². The smallest absolute Gasteiger partial charge is 0.298 e. The third-order valence-corrected chi connectivity index (χ3v) is 6.03. The summed E-state index contributed by atoms with van der Waals surface area (Å²) in [5.41, 5.74) is 2.00. The zero-order valence-corrected chi connectivity index (χ0v) is 17.3. The lowest BCUT2D eigenvalue weighted by Crippen LogP contribution is -2.22. The van der Waals surface area contributed by atoms with Crippen molar-refractivity contribution in [1.29, 1.82) is 0 Å². The van der Waals surface area contributed by atoms with Gasteiger partial charge in [-0.25, -0.2) is 0 Å². The van der Waals surface area contributed by atoms with Gasteiger partial charge in [0.25, 0.3) is 6.47 Å². The van der Waals surface area contributed by atoms with Crippen LogP contribution < -0.4 is 9.64 Å². The molecule has 30 heavy (non-hydrogen) atoms. The number of hydrogen-bond acceptors (Lipinski definition) is 6. The second-order valence-electron chi connectivity index (χ2n) is 6.69. The number of aromatic hydroxyl groups is 1. The number of rotatable bonds is 7. The normalized spacial score (nSPS) is 14.6. The van der Waals surface area contributed by atoms with Gasteiger partial charge >= 0.3 is 0 Å². The van der Waals surface area contributed by atoms with Gasteiger partial charge in [0.2, 0.25) is 0 Å². The summed E-state index contributed by atoms with van der Waals surface area (Å²) >= 11 is 1.74. The number of phenols is 1. The molecule has 0 amide bonds. The first-order valence-corrected chi connectivity index (χ1v) is 10.3. The number of carbonyl (C=O) groups excluding carboxylic acids is 1. The summed E-state index contributed by atoms with van der Waals surface area (Å²) in [4.78, 5) is 14.1. The molecular weight excluding hydrogens is 398 g/mol. The summed E-state index contributed by atoms with van der Waals surface area (Å²) in [7, 11) is 1.71. The Hall–Kier alpha value is -3.22. The van der Waals surface area contributed by atoms with Crippen molar-refractivity contribution >= 4 is 40.8 Å². The van der Waals surface area contributed by atoms with E-state index in [1.165, 1.54) is 27.4 Å². The molecule has 152 valence electrons. The summed E-state index contributed by atoms with van der Waals surface area (Å²) in [5.74, 6) is 0.0627. The van der Waals surface area contributed by atoms with Gasteiger partial charge in [-0.2, -0.15) is 0 Å². The topological polar surface area (TPSA) is 59.0 Å². The van der Waals surface area contributed by atoms with E-state index in [-0.39, 0.29) is 11.5 Å². The highest BCUT2D eigenvalue weighted by molar-refractivity contribution is 8.04. The van der Waals surface area contributed by atoms with Crippen molar-refractivity contribution in [2.75, 3.05) is 25.2 Å². The summed E-state index contributed by atoms with van der Waals surface area (Å²) in [5, 5.41) is 13.3. The molecule has 0 saturated heterocycles. The molecule has 1 N–H and O–H groups in total. The molecule has 3 aromatic carbocycles. The molecule has 0 aromatic heterocycles. The molecule has 0 fully saturated rings. The third-order valence-electron chi connectivity index (χ3n) is 4.83. The number of carbonyl (C=O) groups is 1. The van der Waals surface area contributed by atoms with E-state index in [0.717, 1.165) is 17.1 Å². The van der Waals surface area contributed by atoms with Crippen molar-refractivity contribution in [2.24, 2.45) is 0 Å². The van der Waals surface area contributed by atoms with Gasteiger partial charge < -0.3 is 19.5 Å². The largest absolute Gasteiger partial charge is 0.504 e. The zero-order valence-electron chi connectivity index (χ0n) is 16.4. The van der Waals surface area contributed by atoms with Gasteiger partial charge in [-0.15, -0.1) is 0 Å². The molecule has 0 atom stereocenters. The van der Waals surface area contributed by atoms with Crippen molar-refractivity contribution in [1.82, 2.24) is 0 Å². The minimum absolute atomic E-state index is 0.0722. The van der Waals surface area contributed by atoms with Crippen LogP contribution in [-0.4, -0.2) is 31.8 Å². The van der Waals surface area contributed by atoms with Gasteiger partial charge in [-0.05, 0) is 40.6 Å². The maximum atomic E-state index is 10.6. The molecule has 3 aromatic rings. The molecule has 1 aliphatic rings. The molecule has 4 rings (SSSR count). The quantitative estimate of drug-likeness (QED) is 0.532. The van der Waals surface area contributed by atoms with Gasteiger partial charge in [-0.1, -0.05) is 60.3 Å². The standard InChI is InChI=1S/C24H21NO4S/c1-28-14-13-25-20-11-10-18-6-2-3-7-19(18)24(20)30-23(25)8-4-5-17-9-12-21(27)22(15-17)29-16-26/h2-12,15-16,27H,13-14H2,1H3. The van der Waals surface area contributed by atoms with Gasteiger partial charge in [0.1, 0.15) is 0 Å². The number of phenolic OH excluding ortho intramolecular Hbond substituents is 1. The summed E-state index contributed by atoms with van der Waals surface area (Å²) < 4.78 is 10.1. The summed E-state index contributed by atoms with van der Waals surface area (Å²) in [6.07, 6.45) is 5.91. The maximum absolute atomic E-state index is 10.6. The Kier molecular flexibility index (Phi) is 6.07. The van der Waals surface area contributed by atoms with Crippen LogP contribution in [0.15, 0.2) is 76.7 Å². The lowest BCUT2D eigenvalue weighted by molar-refractivity contribution is -0.120. The summed E-state index contributed by atoms with van der Waals surface area (Å²) in [6.45, 7) is 1.68. The fourth-order valence-corrected chi connectivity index (χ4v) is 4.62. The van der Waals surface area contributed by atoms with E-state index in [0.29, 0.717) is 13.1 Å². The van der Waals surface area contributed by atoms with E-state index >= 15 is 0 Å². The number of nitrogens with zero attached hydrogens (tertiary/aromatic N) is 1. The fourth-order valence-electron chi connectivity index (χ4n) is 3.39. The zero-order chi connectivity index (χ0) is 20.9. The second-order valence-corrected chi connectivity index (χ2v) is 7.72. The number of anilines is 1. The number of benzene rings is 3. The average molecular weight is 420 g/mol. The molecule has 1 heterocycles. The molecule has 0 unspecified atom stereocenters. The van der Waals surface area contributed by atoms with E-state index in [4.69, 9.17) is 9.47 Å². The average Bonchev–Trinajstić information content (AvgIpc) is 3.12. The Bertz CT molecular complexity index is 1140. The molecular formula is C24H21NO4S. The predicted octanol–water partition coefficient (Wildman–Crippen LogP) is 5.19. The molecule has 0 saturated carbocycles. The number of ether oxygens (including phenoxy) is 2. The highest BCUT2D eigenvalue weighted by atomic mass is 32.2. The molecule has 0 spiro atoms. The van der Waals surface area contributed by atoms with E-state index in [2.05, 4.69) is 47.4 Å². The number of fused-ring (bicyclic) bond motifs is 3.